The minimum absolute atomic E-state index is 0.000648. The van der Waals surface area contributed by atoms with Crippen molar-refractivity contribution in [2.45, 2.75) is 13.3 Å². The predicted octanol–water partition coefficient (Wildman–Crippen LogP) is 1.84. The van der Waals surface area contributed by atoms with Gasteiger partial charge in [0.25, 0.3) is 0 Å². The summed E-state index contributed by atoms with van der Waals surface area (Å²) in [5, 5.41) is 9.24. The van der Waals surface area contributed by atoms with Crippen LogP contribution in [-0.4, -0.2) is 21.0 Å². The van der Waals surface area contributed by atoms with Gasteiger partial charge in [0.2, 0.25) is 0 Å². The van der Waals surface area contributed by atoms with Gasteiger partial charge in [0.05, 0.1) is 5.69 Å². The maximum absolute atomic E-state index is 13.7. The molecule has 2 aromatic rings. The maximum atomic E-state index is 13.7. The van der Waals surface area contributed by atoms with Crippen molar-refractivity contribution >= 4 is 5.97 Å². The molecule has 5 nitrogen and oxygen atoms in total. The molecule has 0 spiro atoms. The minimum atomic E-state index is -1.25. The van der Waals surface area contributed by atoms with Crippen molar-refractivity contribution in [1.29, 1.82) is 0 Å². The van der Waals surface area contributed by atoms with E-state index in [1.165, 1.54) is 18.2 Å². The number of carboxylic acids is 1. The van der Waals surface area contributed by atoms with Gasteiger partial charge in [0, 0.05) is 11.3 Å². The fourth-order valence-corrected chi connectivity index (χ4v) is 1.86. The standard InChI is InChI=1S/C13H11FN2O3/c1-2-9-10(12(17)18)11(16-13(19)15-9)7-5-3-4-6-8(7)14/h3-6H,2H2,1H3,(H,17,18)(H,15,16,19). The van der Waals surface area contributed by atoms with Crippen LogP contribution >= 0.6 is 0 Å². The lowest BCUT2D eigenvalue weighted by Crippen LogP contribution is -2.20. The second kappa shape index (κ2) is 5.01. The van der Waals surface area contributed by atoms with E-state index in [-0.39, 0.29) is 22.5 Å². The van der Waals surface area contributed by atoms with Crippen LogP contribution in [0.5, 0.6) is 0 Å². The van der Waals surface area contributed by atoms with Crippen molar-refractivity contribution in [3.8, 4) is 11.3 Å². The zero-order valence-corrected chi connectivity index (χ0v) is 10.1. The number of carboxylic acid groups (broad SMARTS) is 1. The van der Waals surface area contributed by atoms with Crippen molar-refractivity contribution in [1.82, 2.24) is 9.97 Å². The molecule has 2 rings (SSSR count). The average Bonchev–Trinajstić information content (AvgIpc) is 2.37. The first-order valence-corrected chi connectivity index (χ1v) is 5.66. The fourth-order valence-electron chi connectivity index (χ4n) is 1.86. The number of rotatable bonds is 3. The predicted molar refractivity (Wildman–Crippen MR) is 66.6 cm³/mol. The molecular weight excluding hydrogens is 251 g/mol. The third-order valence-electron chi connectivity index (χ3n) is 2.71. The number of aryl methyl sites for hydroxylation is 1. The molecule has 0 saturated heterocycles. The minimum Gasteiger partial charge on any atom is -0.478 e. The van der Waals surface area contributed by atoms with Gasteiger partial charge < -0.3 is 10.1 Å². The molecular formula is C13H11FN2O3. The van der Waals surface area contributed by atoms with E-state index in [1.54, 1.807) is 13.0 Å². The second-order valence-electron chi connectivity index (χ2n) is 3.88. The highest BCUT2D eigenvalue weighted by atomic mass is 19.1. The molecule has 0 unspecified atom stereocenters. The van der Waals surface area contributed by atoms with Crippen LogP contribution in [0.2, 0.25) is 0 Å². The maximum Gasteiger partial charge on any atom is 0.345 e. The van der Waals surface area contributed by atoms with E-state index in [2.05, 4.69) is 9.97 Å². The van der Waals surface area contributed by atoms with Gasteiger partial charge in [-0.15, -0.1) is 0 Å². The first kappa shape index (κ1) is 12.9. The summed E-state index contributed by atoms with van der Waals surface area (Å²) in [5.74, 6) is -1.87. The summed E-state index contributed by atoms with van der Waals surface area (Å²) in [4.78, 5) is 28.7. The number of halogens is 1. The molecule has 1 heterocycles. The Balaban J connectivity index is 2.83. The SMILES string of the molecule is CCc1[nH]c(=O)nc(-c2ccccc2F)c1C(=O)O. The first-order chi connectivity index (χ1) is 9.04. The molecule has 2 N–H and O–H groups in total. The molecule has 0 aliphatic rings. The van der Waals surface area contributed by atoms with E-state index in [4.69, 9.17) is 0 Å². The molecule has 0 atom stereocenters. The van der Waals surface area contributed by atoms with Crippen LogP contribution in [0.15, 0.2) is 29.1 Å². The zero-order chi connectivity index (χ0) is 14.0. The number of aromatic carboxylic acids is 1. The number of aromatic nitrogens is 2. The molecule has 98 valence electrons. The third kappa shape index (κ3) is 2.37. The Morgan fingerprint density at radius 1 is 1.42 bits per heavy atom. The van der Waals surface area contributed by atoms with Crippen LogP contribution in [0.4, 0.5) is 4.39 Å². The van der Waals surface area contributed by atoms with Gasteiger partial charge in [-0.1, -0.05) is 19.1 Å². The van der Waals surface area contributed by atoms with E-state index >= 15 is 0 Å². The van der Waals surface area contributed by atoms with Crippen LogP contribution in [0.3, 0.4) is 0 Å². The lowest BCUT2D eigenvalue weighted by atomic mass is 10.0. The molecule has 0 bridgehead atoms. The quantitative estimate of drug-likeness (QED) is 0.884. The average molecular weight is 262 g/mol. The van der Waals surface area contributed by atoms with E-state index in [9.17, 15) is 19.1 Å². The molecule has 0 saturated carbocycles. The Labute approximate surface area is 107 Å². The summed E-state index contributed by atoms with van der Waals surface area (Å²) < 4.78 is 13.7. The molecule has 1 aromatic carbocycles. The van der Waals surface area contributed by atoms with Crippen molar-refractivity contribution in [3.63, 3.8) is 0 Å². The summed E-state index contributed by atoms with van der Waals surface area (Å²) >= 11 is 0. The smallest absolute Gasteiger partial charge is 0.345 e. The molecule has 6 heteroatoms. The summed E-state index contributed by atoms with van der Waals surface area (Å²) in [5.41, 5.74) is -0.787. The molecule has 0 aliphatic heterocycles. The fraction of sp³-hybridized carbons (Fsp3) is 0.154. The van der Waals surface area contributed by atoms with Crippen LogP contribution in [0, 0.1) is 5.82 Å². The summed E-state index contributed by atoms with van der Waals surface area (Å²) in [7, 11) is 0. The van der Waals surface area contributed by atoms with Crippen molar-refractivity contribution in [3.05, 3.63) is 51.8 Å². The molecule has 0 amide bonds. The number of carbonyl (C=O) groups is 1. The highest BCUT2D eigenvalue weighted by Gasteiger charge is 2.21. The molecule has 0 radical (unpaired) electrons. The Morgan fingerprint density at radius 2 is 2.11 bits per heavy atom. The second-order valence-corrected chi connectivity index (χ2v) is 3.88. The van der Waals surface area contributed by atoms with Gasteiger partial charge in [-0.2, -0.15) is 4.98 Å². The highest BCUT2D eigenvalue weighted by molar-refractivity contribution is 5.95. The van der Waals surface area contributed by atoms with Crippen LogP contribution in [-0.2, 0) is 6.42 Å². The van der Waals surface area contributed by atoms with Crippen molar-refractivity contribution < 1.29 is 14.3 Å². The van der Waals surface area contributed by atoms with E-state index in [0.717, 1.165) is 0 Å². The zero-order valence-electron chi connectivity index (χ0n) is 10.1. The van der Waals surface area contributed by atoms with Gasteiger partial charge in [-0.05, 0) is 18.6 Å². The van der Waals surface area contributed by atoms with E-state index < -0.39 is 17.5 Å². The number of nitrogens with zero attached hydrogens (tertiary/aromatic N) is 1. The number of nitrogens with one attached hydrogen (secondary N) is 1. The highest BCUT2D eigenvalue weighted by Crippen LogP contribution is 2.24. The summed E-state index contributed by atoms with van der Waals surface area (Å²) in [6.07, 6.45) is 0.306. The van der Waals surface area contributed by atoms with Gasteiger partial charge in [-0.25, -0.2) is 14.0 Å². The van der Waals surface area contributed by atoms with Gasteiger partial charge in [-0.3, -0.25) is 0 Å². The van der Waals surface area contributed by atoms with E-state index in [0.29, 0.717) is 6.42 Å². The summed E-state index contributed by atoms with van der Waals surface area (Å²) in [6.45, 7) is 1.70. The number of H-pyrrole nitrogens is 1. The molecule has 0 aliphatic carbocycles. The molecule has 0 fully saturated rings. The van der Waals surface area contributed by atoms with Crippen LogP contribution < -0.4 is 5.69 Å². The van der Waals surface area contributed by atoms with Gasteiger partial charge in [0.15, 0.2) is 0 Å². The number of hydrogen-bond acceptors (Lipinski definition) is 3. The topological polar surface area (TPSA) is 83.0 Å². The monoisotopic (exact) mass is 262 g/mol. The van der Waals surface area contributed by atoms with Gasteiger partial charge >= 0.3 is 11.7 Å². The van der Waals surface area contributed by atoms with Crippen molar-refractivity contribution in [2.24, 2.45) is 0 Å². The lowest BCUT2D eigenvalue weighted by Gasteiger charge is -2.09. The molecule has 19 heavy (non-hydrogen) atoms. The normalized spacial score (nSPS) is 10.4. The van der Waals surface area contributed by atoms with Crippen molar-refractivity contribution in [2.75, 3.05) is 0 Å². The largest absolute Gasteiger partial charge is 0.478 e. The molecule has 1 aromatic heterocycles. The number of hydrogen-bond donors (Lipinski definition) is 2. The Kier molecular flexibility index (Phi) is 3.41. The Morgan fingerprint density at radius 3 is 2.68 bits per heavy atom. The first-order valence-electron chi connectivity index (χ1n) is 5.66. The Bertz CT molecular complexity index is 695. The van der Waals surface area contributed by atoms with Crippen LogP contribution in [0.1, 0.15) is 23.0 Å². The third-order valence-corrected chi connectivity index (χ3v) is 2.71. The number of aromatic amines is 1. The van der Waals surface area contributed by atoms with Gasteiger partial charge in [0.1, 0.15) is 11.4 Å². The lowest BCUT2D eigenvalue weighted by molar-refractivity contribution is 0.0695. The number of benzene rings is 1. The summed E-state index contributed by atoms with van der Waals surface area (Å²) in [6, 6.07) is 5.62. The van der Waals surface area contributed by atoms with E-state index in [1.807, 2.05) is 0 Å². The van der Waals surface area contributed by atoms with Crippen LogP contribution in [0.25, 0.3) is 11.3 Å². The Hall–Kier alpha value is -2.50.